The number of urea groups is 1. The molecule has 0 bridgehead atoms. The second-order valence-corrected chi connectivity index (χ2v) is 6.57. The van der Waals surface area contributed by atoms with Crippen molar-refractivity contribution in [1.29, 1.82) is 0 Å². The van der Waals surface area contributed by atoms with Crippen molar-refractivity contribution in [3.63, 3.8) is 0 Å². The summed E-state index contributed by atoms with van der Waals surface area (Å²) in [6.07, 6.45) is 0. The Labute approximate surface area is 164 Å². The molecule has 1 heterocycles. The van der Waals surface area contributed by atoms with Crippen LogP contribution in [-0.2, 0) is 0 Å². The molecule has 4 rings (SSSR count). The number of anilines is 2. The van der Waals surface area contributed by atoms with Crippen LogP contribution in [0.15, 0.2) is 66.7 Å². The van der Waals surface area contributed by atoms with Crippen molar-refractivity contribution in [1.82, 2.24) is 4.98 Å². The van der Waals surface area contributed by atoms with Gasteiger partial charge in [-0.15, -0.1) is 0 Å². The molecule has 3 N–H and O–H groups in total. The van der Waals surface area contributed by atoms with Crippen LogP contribution >= 0.6 is 11.6 Å². The Bertz CT molecular complexity index is 1170. The molecule has 4 nitrogen and oxygen atoms in total. The highest BCUT2D eigenvalue weighted by molar-refractivity contribution is 6.30. The molecule has 140 valence electrons. The molecule has 1 aromatic heterocycles. The van der Waals surface area contributed by atoms with Gasteiger partial charge in [0.05, 0.1) is 17.1 Å². The lowest BCUT2D eigenvalue weighted by molar-refractivity contribution is 0.262. The molecule has 3 aromatic carbocycles. The number of nitrogens with one attached hydrogen (secondary N) is 3. The number of carbonyl (C=O) groups excluding carboxylic acids is 1. The van der Waals surface area contributed by atoms with Gasteiger partial charge in [-0.05, 0) is 30.3 Å². The molecular formula is C21H14ClF2N3O. The maximum Gasteiger partial charge on any atom is 0.323 e. The molecule has 0 aliphatic heterocycles. The number of hydrogen-bond donors (Lipinski definition) is 3. The molecule has 0 saturated heterocycles. The molecule has 28 heavy (non-hydrogen) atoms. The maximum atomic E-state index is 13.8. The predicted octanol–water partition coefficient (Wildman–Crippen LogP) is 6.41. The summed E-state index contributed by atoms with van der Waals surface area (Å²) in [6, 6.07) is 16.9. The molecule has 4 aromatic rings. The van der Waals surface area contributed by atoms with Gasteiger partial charge in [0.2, 0.25) is 0 Å². The van der Waals surface area contributed by atoms with E-state index >= 15 is 0 Å². The van der Waals surface area contributed by atoms with Crippen LogP contribution in [0.1, 0.15) is 0 Å². The number of halogens is 3. The number of amides is 2. The van der Waals surface area contributed by atoms with Crippen LogP contribution in [0, 0.1) is 11.6 Å². The average Bonchev–Trinajstić information content (AvgIpc) is 3.03. The van der Waals surface area contributed by atoms with Gasteiger partial charge in [0, 0.05) is 27.6 Å². The Hall–Kier alpha value is -3.38. The standard InChI is InChI=1S/C21H14ClF2N3O/c22-13-7-5-12(6-8-13)19-20(15-3-1-2-4-17(15)25-19)27-21(28)26-18-10-9-14(23)11-16(18)24/h1-11,25H,(H2,26,27,28). The zero-order valence-electron chi connectivity index (χ0n) is 14.4. The third kappa shape index (κ3) is 3.54. The van der Waals surface area contributed by atoms with E-state index in [2.05, 4.69) is 15.6 Å². The van der Waals surface area contributed by atoms with E-state index in [0.717, 1.165) is 22.5 Å². The minimum Gasteiger partial charge on any atom is -0.353 e. The molecule has 0 radical (unpaired) electrons. The van der Waals surface area contributed by atoms with E-state index in [1.165, 1.54) is 6.07 Å². The highest BCUT2D eigenvalue weighted by atomic mass is 35.5. The van der Waals surface area contributed by atoms with Crippen LogP contribution in [0.5, 0.6) is 0 Å². The van der Waals surface area contributed by atoms with Crippen LogP contribution in [-0.4, -0.2) is 11.0 Å². The minimum absolute atomic E-state index is 0.119. The van der Waals surface area contributed by atoms with Gasteiger partial charge >= 0.3 is 6.03 Å². The fourth-order valence-corrected chi connectivity index (χ4v) is 3.09. The summed E-state index contributed by atoms with van der Waals surface area (Å²) in [4.78, 5) is 15.8. The summed E-state index contributed by atoms with van der Waals surface area (Å²) in [5.74, 6) is -1.57. The lowest BCUT2D eigenvalue weighted by atomic mass is 10.1. The topological polar surface area (TPSA) is 56.9 Å². The summed E-state index contributed by atoms with van der Waals surface area (Å²) >= 11 is 5.97. The summed E-state index contributed by atoms with van der Waals surface area (Å²) in [5.41, 5.74) is 2.76. The first-order valence-corrected chi connectivity index (χ1v) is 8.79. The number of hydrogen-bond acceptors (Lipinski definition) is 1. The largest absolute Gasteiger partial charge is 0.353 e. The highest BCUT2D eigenvalue weighted by Crippen LogP contribution is 2.35. The van der Waals surface area contributed by atoms with Crippen molar-refractivity contribution in [2.24, 2.45) is 0 Å². The number of fused-ring (bicyclic) bond motifs is 1. The Morgan fingerprint density at radius 3 is 2.43 bits per heavy atom. The Morgan fingerprint density at radius 1 is 0.929 bits per heavy atom. The first-order valence-electron chi connectivity index (χ1n) is 8.41. The van der Waals surface area contributed by atoms with Gasteiger partial charge in [-0.25, -0.2) is 13.6 Å². The van der Waals surface area contributed by atoms with Gasteiger partial charge in [-0.3, -0.25) is 0 Å². The lowest BCUT2D eigenvalue weighted by Crippen LogP contribution is -2.20. The van der Waals surface area contributed by atoms with Gasteiger partial charge in [-0.2, -0.15) is 0 Å². The smallest absolute Gasteiger partial charge is 0.323 e. The first-order chi connectivity index (χ1) is 13.5. The monoisotopic (exact) mass is 397 g/mol. The second-order valence-electron chi connectivity index (χ2n) is 6.13. The molecule has 2 amide bonds. The average molecular weight is 398 g/mol. The first kappa shape index (κ1) is 18.0. The van der Waals surface area contributed by atoms with Crippen molar-refractivity contribution in [3.8, 4) is 11.3 Å². The fourth-order valence-electron chi connectivity index (χ4n) is 2.96. The summed E-state index contributed by atoms with van der Waals surface area (Å²) in [7, 11) is 0. The number of aromatic nitrogens is 1. The van der Waals surface area contributed by atoms with Gasteiger partial charge < -0.3 is 15.6 Å². The minimum atomic E-state index is -0.855. The van der Waals surface area contributed by atoms with Gasteiger partial charge in [0.25, 0.3) is 0 Å². The molecule has 0 aliphatic carbocycles. The van der Waals surface area contributed by atoms with Crippen molar-refractivity contribution < 1.29 is 13.6 Å². The van der Waals surface area contributed by atoms with E-state index < -0.39 is 17.7 Å². The van der Waals surface area contributed by atoms with E-state index in [4.69, 9.17) is 11.6 Å². The van der Waals surface area contributed by atoms with E-state index in [-0.39, 0.29) is 5.69 Å². The highest BCUT2D eigenvalue weighted by Gasteiger charge is 2.16. The number of rotatable bonds is 3. The Kier molecular flexibility index (Phi) is 4.71. The summed E-state index contributed by atoms with van der Waals surface area (Å²) in [5, 5.41) is 6.55. The predicted molar refractivity (Wildman–Crippen MR) is 108 cm³/mol. The normalized spacial score (nSPS) is 10.8. The van der Waals surface area contributed by atoms with Gasteiger partial charge in [-0.1, -0.05) is 41.9 Å². The molecule has 0 unspecified atom stereocenters. The SMILES string of the molecule is O=C(Nc1ccc(F)cc1F)Nc1c(-c2ccc(Cl)cc2)[nH]c2ccccc12. The molecular weight excluding hydrogens is 384 g/mol. The summed E-state index contributed by atoms with van der Waals surface area (Å²) in [6.45, 7) is 0. The molecule has 7 heteroatoms. The number of para-hydroxylation sites is 1. The van der Waals surface area contributed by atoms with Crippen molar-refractivity contribution >= 4 is 39.9 Å². The quantitative estimate of drug-likeness (QED) is 0.367. The van der Waals surface area contributed by atoms with Gasteiger partial charge in [0.1, 0.15) is 11.6 Å². The van der Waals surface area contributed by atoms with E-state index in [9.17, 15) is 13.6 Å². The van der Waals surface area contributed by atoms with Crippen molar-refractivity contribution in [2.75, 3.05) is 10.6 Å². The molecule has 0 aliphatic rings. The zero-order chi connectivity index (χ0) is 19.7. The Balaban J connectivity index is 1.70. The summed E-state index contributed by atoms with van der Waals surface area (Å²) < 4.78 is 26.9. The fraction of sp³-hybridized carbons (Fsp3) is 0. The van der Waals surface area contributed by atoms with E-state index in [0.29, 0.717) is 22.5 Å². The maximum absolute atomic E-state index is 13.8. The second kappa shape index (κ2) is 7.32. The number of H-pyrrole nitrogens is 1. The van der Waals surface area contributed by atoms with Crippen LogP contribution < -0.4 is 10.6 Å². The number of carbonyl (C=O) groups is 1. The molecule has 0 spiro atoms. The van der Waals surface area contributed by atoms with E-state index in [1.807, 2.05) is 36.4 Å². The van der Waals surface area contributed by atoms with E-state index in [1.54, 1.807) is 12.1 Å². The van der Waals surface area contributed by atoms with Crippen molar-refractivity contribution in [2.45, 2.75) is 0 Å². The Morgan fingerprint density at radius 2 is 1.68 bits per heavy atom. The van der Waals surface area contributed by atoms with Crippen LogP contribution in [0.4, 0.5) is 25.0 Å². The van der Waals surface area contributed by atoms with Gasteiger partial charge in [0.15, 0.2) is 0 Å². The molecule has 0 atom stereocenters. The third-order valence-corrected chi connectivity index (χ3v) is 4.51. The van der Waals surface area contributed by atoms with Crippen molar-refractivity contribution in [3.05, 3.63) is 83.4 Å². The third-order valence-electron chi connectivity index (χ3n) is 4.26. The lowest BCUT2D eigenvalue weighted by Gasteiger charge is -2.10. The van der Waals surface area contributed by atoms with Crippen LogP contribution in [0.3, 0.4) is 0 Å². The van der Waals surface area contributed by atoms with Crippen LogP contribution in [0.2, 0.25) is 5.02 Å². The number of aromatic amines is 1. The van der Waals surface area contributed by atoms with Crippen LogP contribution in [0.25, 0.3) is 22.2 Å². The molecule has 0 saturated carbocycles. The number of benzene rings is 3. The zero-order valence-corrected chi connectivity index (χ0v) is 15.1. The molecule has 0 fully saturated rings.